The number of benzene rings is 2. The van der Waals surface area contributed by atoms with Crippen molar-refractivity contribution in [2.75, 3.05) is 0 Å². The highest BCUT2D eigenvalue weighted by molar-refractivity contribution is 5.97. The van der Waals surface area contributed by atoms with Crippen molar-refractivity contribution in [1.29, 1.82) is 0 Å². The van der Waals surface area contributed by atoms with E-state index in [9.17, 15) is 19.7 Å². The van der Waals surface area contributed by atoms with E-state index in [1.165, 1.54) is 24.3 Å². The van der Waals surface area contributed by atoms with Crippen LogP contribution in [0.15, 0.2) is 42.5 Å². The molecule has 0 aliphatic rings. The summed E-state index contributed by atoms with van der Waals surface area (Å²) in [4.78, 5) is 32.3. The second-order valence-electron chi connectivity index (χ2n) is 4.18. The molecule has 0 amide bonds. The van der Waals surface area contributed by atoms with E-state index in [-0.39, 0.29) is 27.9 Å². The Labute approximate surface area is 118 Å². The Morgan fingerprint density at radius 1 is 1.00 bits per heavy atom. The minimum atomic E-state index is -1.25. The molecule has 2 aromatic rings. The standard InChI is InChI=1S/C14H9NO6/c16-13(17)9-3-1-2-8(6-9)12-7-10(15(20)21)4-5-11(12)14(18)19/h1-7H,(H,16,17)(H,18,19). The van der Waals surface area contributed by atoms with Crippen molar-refractivity contribution in [3.05, 3.63) is 63.7 Å². The third-order valence-electron chi connectivity index (χ3n) is 2.86. The van der Waals surface area contributed by atoms with Gasteiger partial charge in [-0.25, -0.2) is 9.59 Å². The Bertz CT molecular complexity index is 753. The van der Waals surface area contributed by atoms with Crippen LogP contribution in [0.5, 0.6) is 0 Å². The average Bonchev–Trinajstić information content (AvgIpc) is 2.46. The van der Waals surface area contributed by atoms with E-state index < -0.39 is 16.9 Å². The number of aromatic carboxylic acids is 2. The number of carboxylic acids is 2. The van der Waals surface area contributed by atoms with Crippen molar-refractivity contribution in [3.8, 4) is 11.1 Å². The molecule has 0 saturated heterocycles. The molecule has 0 aromatic heterocycles. The van der Waals surface area contributed by atoms with Crippen molar-refractivity contribution in [2.24, 2.45) is 0 Å². The van der Waals surface area contributed by atoms with Gasteiger partial charge in [-0.3, -0.25) is 10.1 Å². The van der Waals surface area contributed by atoms with E-state index in [2.05, 4.69) is 0 Å². The molecule has 0 aliphatic heterocycles. The summed E-state index contributed by atoms with van der Waals surface area (Å²) < 4.78 is 0. The predicted octanol–water partition coefficient (Wildman–Crippen LogP) is 2.66. The molecular formula is C14H9NO6. The van der Waals surface area contributed by atoms with Gasteiger partial charge < -0.3 is 10.2 Å². The monoisotopic (exact) mass is 287 g/mol. The third kappa shape index (κ3) is 2.86. The van der Waals surface area contributed by atoms with Gasteiger partial charge in [0.05, 0.1) is 16.1 Å². The summed E-state index contributed by atoms with van der Waals surface area (Å²) in [5.41, 5.74) is -0.0509. The lowest BCUT2D eigenvalue weighted by molar-refractivity contribution is -0.384. The van der Waals surface area contributed by atoms with Gasteiger partial charge >= 0.3 is 11.9 Å². The molecule has 0 heterocycles. The number of nitro benzene ring substituents is 1. The largest absolute Gasteiger partial charge is 0.478 e. The lowest BCUT2D eigenvalue weighted by Gasteiger charge is -2.07. The summed E-state index contributed by atoms with van der Waals surface area (Å²) in [6.07, 6.45) is 0. The number of hydrogen-bond donors (Lipinski definition) is 2. The van der Waals surface area contributed by atoms with Gasteiger partial charge in [0, 0.05) is 17.7 Å². The van der Waals surface area contributed by atoms with Crippen LogP contribution < -0.4 is 0 Å². The maximum absolute atomic E-state index is 11.2. The van der Waals surface area contributed by atoms with Gasteiger partial charge in [-0.1, -0.05) is 12.1 Å². The van der Waals surface area contributed by atoms with Gasteiger partial charge in [0.25, 0.3) is 5.69 Å². The smallest absolute Gasteiger partial charge is 0.336 e. The zero-order valence-electron chi connectivity index (χ0n) is 10.5. The molecule has 7 heteroatoms. The van der Waals surface area contributed by atoms with Crippen LogP contribution in [0.1, 0.15) is 20.7 Å². The van der Waals surface area contributed by atoms with Crippen molar-refractivity contribution in [2.45, 2.75) is 0 Å². The Hall–Kier alpha value is -3.22. The number of carbonyl (C=O) groups is 2. The molecule has 0 spiro atoms. The Balaban J connectivity index is 2.68. The molecule has 21 heavy (non-hydrogen) atoms. The lowest BCUT2D eigenvalue weighted by Crippen LogP contribution is -2.02. The molecule has 0 saturated carbocycles. The van der Waals surface area contributed by atoms with E-state index in [4.69, 9.17) is 10.2 Å². The van der Waals surface area contributed by atoms with Crippen LogP contribution in [0.3, 0.4) is 0 Å². The fraction of sp³-hybridized carbons (Fsp3) is 0. The number of carboxylic acid groups (broad SMARTS) is 2. The summed E-state index contributed by atoms with van der Waals surface area (Å²) in [6.45, 7) is 0. The van der Waals surface area contributed by atoms with Crippen LogP contribution in [-0.2, 0) is 0 Å². The van der Waals surface area contributed by atoms with Crippen LogP contribution in [0.4, 0.5) is 5.69 Å². The van der Waals surface area contributed by atoms with E-state index in [0.29, 0.717) is 0 Å². The molecule has 0 atom stereocenters. The third-order valence-corrected chi connectivity index (χ3v) is 2.86. The first-order valence-corrected chi connectivity index (χ1v) is 5.75. The highest BCUT2D eigenvalue weighted by Gasteiger charge is 2.17. The molecule has 0 aliphatic carbocycles. The van der Waals surface area contributed by atoms with Gasteiger partial charge in [-0.05, 0) is 23.8 Å². The van der Waals surface area contributed by atoms with Gasteiger partial charge in [-0.2, -0.15) is 0 Å². The molecule has 7 nitrogen and oxygen atoms in total. The highest BCUT2D eigenvalue weighted by Crippen LogP contribution is 2.28. The molecular weight excluding hydrogens is 278 g/mol. The van der Waals surface area contributed by atoms with Crippen LogP contribution in [0.25, 0.3) is 11.1 Å². The Kier molecular flexibility index (Phi) is 3.66. The average molecular weight is 287 g/mol. The zero-order valence-corrected chi connectivity index (χ0v) is 10.5. The van der Waals surface area contributed by atoms with Gasteiger partial charge in [0.1, 0.15) is 0 Å². The normalized spacial score (nSPS) is 10.1. The first-order chi connectivity index (χ1) is 9.90. The van der Waals surface area contributed by atoms with E-state index in [1.54, 1.807) is 0 Å². The number of hydrogen-bond acceptors (Lipinski definition) is 4. The van der Waals surface area contributed by atoms with Crippen LogP contribution in [-0.4, -0.2) is 27.1 Å². The molecule has 2 aromatic carbocycles. The Morgan fingerprint density at radius 2 is 1.71 bits per heavy atom. The minimum absolute atomic E-state index is 0.0321. The molecule has 106 valence electrons. The van der Waals surface area contributed by atoms with Gasteiger partial charge in [-0.15, -0.1) is 0 Å². The van der Waals surface area contributed by atoms with Crippen molar-refractivity contribution < 1.29 is 24.7 Å². The summed E-state index contributed by atoms with van der Waals surface area (Å²) in [7, 11) is 0. The summed E-state index contributed by atoms with van der Waals surface area (Å²) in [5, 5.41) is 28.9. The maximum atomic E-state index is 11.2. The zero-order chi connectivity index (χ0) is 15.6. The summed E-state index contributed by atoms with van der Waals surface area (Å²) in [5.74, 6) is -2.42. The topological polar surface area (TPSA) is 118 Å². The minimum Gasteiger partial charge on any atom is -0.478 e. The maximum Gasteiger partial charge on any atom is 0.336 e. The Morgan fingerprint density at radius 3 is 2.29 bits per heavy atom. The van der Waals surface area contributed by atoms with E-state index in [1.807, 2.05) is 0 Å². The second-order valence-corrected chi connectivity index (χ2v) is 4.18. The van der Waals surface area contributed by atoms with E-state index >= 15 is 0 Å². The summed E-state index contributed by atoms with van der Waals surface area (Å²) >= 11 is 0. The van der Waals surface area contributed by atoms with Gasteiger partial charge in [0.15, 0.2) is 0 Å². The molecule has 0 fully saturated rings. The first kappa shape index (κ1) is 14.2. The van der Waals surface area contributed by atoms with Crippen LogP contribution in [0, 0.1) is 10.1 Å². The van der Waals surface area contributed by atoms with Crippen LogP contribution >= 0.6 is 0 Å². The highest BCUT2D eigenvalue weighted by atomic mass is 16.6. The fourth-order valence-corrected chi connectivity index (χ4v) is 1.89. The molecule has 0 radical (unpaired) electrons. The summed E-state index contributed by atoms with van der Waals surface area (Å²) in [6, 6.07) is 8.90. The van der Waals surface area contributed by atoms with Crippen molar-refractivity contribution >= 4 is 17.6 Å². The van der Waals surface area contributed by atoms with Gasteiger partial charge in [0.2, 0.25) is 0 Å². The molecule has 2 N–H and O–H groups in total. The van der Waals surface area contributed by atoms with E-state index in [0.717, 1.165) is 18.2 Å². The molecule has 2 rings (SSSR count). The second kappa shape index (κ2) is 5.41. The number of nitro groups is 1. The number of non-ortho nitro benzene ring substituents is 1. The fourth-order valence-electron chi connectivity index (χ4n) is 1.89. The lowest BCUT2D eigenvalue weighted by atomic mass is 9.97. The van der Waals surface area contributed by atoms with Crippen molar-refractivity contribution in [1.82, 2.24) is 0 Å². The quantitative estimate of drug-likeness (QED) is 0.659. The van der Waals surface area contributed by atoms with Crippen LogP contribution in [0.2, 0.25) is 0 Å². The predicted molar refractivity (Wildman–Crippen MR) is 72.5 cm³/mol. The first-order valence-electron chi connectivity index (χ1n) is 5.75. The SMILES string of the molecule is O=C(O)c1cccc(-c2cc([N+](=O)[O-])ccc2C(=O)O)c1. The molecule has 0 unspecified atom stereocenters. The number of rotatable bonds is 4. The number of nitrogens with zero attached hydrogens (tertiary/aromatic N) is 1. The van der Waals surface area contributed by atoms with Crippen molar-refractivity contribution in [3.63, 3.8) is 0 Å². The molecule has 0 bridgehead atoms.